The number of H-pyrrole nitrogens is 1. The van der Waals surface area contributed by atoms with Gasteiger partial charge in [0.25, 0.3) is 0 Å². The van der Waals surface area contributed by atoms with Gasteiger partial charge in [-0.2, -0.15) is 0 Å². The fraction of sp³-hybridized carbons (Fsp3) is 0.118. The van der Waals surface area contributed by atoms with Crippen LogP contribution in [0.5, 0.6) is 0 Å². The maximum atomic E-state index is 11.6. The number of carbonyl (C=O) groups is 1. The van der Waals surface area contributed by atoms with Gasteiger partial charge >= 0.3 is 5.97 Å². The molecule has 122 valence electrons. The van der Waals surface area contributed by atoms with Gasteiger partial charge in [-0.3, -0.25) is 5.10 Å². The molecule has 0 atom stereocenters. The van der Waals surface area contributed by atoms with Gasteiger partial charge in [-0.05, 0) is 23.8 Å². The van der Waals surface area contributed by atoms with E-state index in [1.807, 2.05) is 42.5 Å². The molecule has 5 nitrogen and oxygen atoms in total. The Morgan fingerprint density at radius 2 is 2.08 bits per heavy atom. The molecule has 0 amide bonds. The molecule has 0 aliphatic carbocycles. The van der Waals surface area contributed by atoms with Crippen molar-refractivity contribution in [3.8, 4) is 11.4 Å². The minimum absolute atomic E-state index is 0.337. The number of esters is 1. The fourth-order valence-corrected chi connectivity index (χ4v) is 3.35. The SMILES string of the molecule is COC(=O)c1cccc(CSc2n[nH]c(-c3ccccc3Br)n2)c1. The monoisotopic (exact) mass is 403 g/mol. The first-order valence-electron chi connectivity index (χ1n) is 7.14. The largest absolute Gasteiger partial charge is 0.465 e. The molecule has 0 saturated carbocycles. The summed E-state index contributed by atoms with van der Waals surface area (Å²) in [5, 5.41) is 7.85. The Balaban J connectivity index is 1.70. The lowest BCUT2D eigenvalue weighted by atomic mass is 10.1. The minimum atomic E-state index is -0.337. The molecule has 1 heterocycles. The van der Waals surface area contributed by atoms with Gasteiger partial charge in [0.2, 0.25) is 5.16 Å². The van der Waals surface area contributed by atoms with Crippen molar-refractivity contribution >= 4 is 33.7 Å². The summed E-state index contributed by atoms with van der Waals surface area (Å²) < 4.78 is 5.70. The van der Waals surface area contributed by atoms with Crippen LogP contribution >= 0.6 is 27.7 Å². The molecule has 3 rings (SSSR count). The van der Waals surface area contributed by atoms with Crippen molar-refractivity contribution in [2.24, 2.45) is 0 Å². The van der Waals surface area contributed by atoms with E-state index in [1.54, 1.807) is 6.07 Å². The van der Waals surface area contributed by atoms with Crippen molar-refractivity contribution in [2.75, 3.05) is 7.11 Å². The first-order valence-corrected chi connectivity index (χ1v) is 8.92. The normalized spacial score (nSPS) is 10.6. The molecule has 0 fully saturated rings. The first-order chi connectivity index (χ1) is 11.7. The Morgan fingerprint density at radius 3 is 2.88 bits per heavy atom. The van der Waals surface area contributed by atoms with Gasteiger partial charge < -0.3 is 4.74 Å². The van der Waals surface area contributed by atoms with Crippen LogP contribution in [0.2, 0.25) is 0 Å². The number of methoxy groups -OCH3 is 1. The van der Waals surface area contributed by atoms with E-state index in [2.05, 4.69) is 31.1 Å². The van der Waals surface area contributed by atoms with Gasteiger partial charge in [-0.25, -0.2) is 9.78 Å². The van der Waals surface area contributed by atoms with Crippen LogP contribution in [0.3, 0.4) is 0 Å². The smallest absolute Gasteiger partial charge is 0.337 e. The lowest BCUT2D eigenvalue weighted by molar-refractivity contribution is 0.0600. The summed E-state index contributed by atoms with van der Waals surface area (Å²) in [4.78, 5) is 16.1. The van der Waals surface area contributed by atoms with Crippen LogP contribution in [0.4, 0.5) is 0 Å². The number of nitrogens with one attached hydrogen (secondary N) is 1. The zero-order chi connectivity index (χ0) is 16.9. The van der Waals surface area contributed by atoms with E-state index >= 15 is 0 Å². The van der Waals surface area contributed by atoms with Gasteiger partial charge in [0.1, 0.15) is 0 Å². The average Bonchev–Trinajstić information content (AvgIpc) is 3.08. The molecule has 3 aromatic rings. The third kappa shape index (κ3) is 3.85. The quantitative estimate of drug-likeness (QED) is 0.507. The fourth-order valence-electron chi connectivity index (χ4n) is 2.14. The third-order valence-corrected chi connectivity index (χ3v) is 4.92. The Hall–Kier alpha value is -2.12. The summed E-state index contributed by atoms with van der Waals surface area (Å²) in [6.45, 7) is 0. The van der Waals surface area contributed by atoms with Crippen molar-refractivity contribution in [1.82, 2.24) is 15.2 Å². The second-order valence-corrected chi connectivity index (χ2v) is 6.72. The molecule has 0 radical (unpaired) electrons. The van der Waals surface area contributed by atoms with E-state index in [1.165, 1.54) is 18.9 Å². The van der Waals surface area contributed by atoms with Crippen LogP contribution in [-0.4, -0.2) is 28.3 Å². The number of aromatic nitrogens is 3. The molecule has 7 heteroatoms. The van der Waals surface area contributed by atoms with Crippen LogP contribution in [0.15, 0.2) is 58.2 Å². The highest BCUT2D eigenvalue weighted by atomic mass is 79.9. The van der Waals surface area contributed by atoms with Gasteiger partial charge in [-0.1, -0.05) is 58.0 Å². The Kier molecular flexibility index (Phi) is 5.32. The number of nitrogens with zero attached hydrogens (tertiary/aromatic N) is 2. The first kappa shape index (κ1) is 16.7. The van der Waals surface area contributed by atoms with Crippen LogP contribution in [0.25, 0.3) is 11.4 Å². The molecule has 0 spiro atoms. The van der Waals surface area contributed by atoms with Crippen molar-refractivity contribution < 1.29 is 9.53 Å². The number of hydrogen-bond donors (Lipinski definition) is 1. The average molecular weight is 404 g/mol. The lowest BCUT2D eigenvalue weighted by Gasteiger charge is -2.02. The standard InChI is InChI=1S/C17H14BrN3O2S/c1-23-16(22)12-6-4-5-11(9-12)10-24-17-19-15(20-21-17)13-7-2-3-8-14(13)18/h2-9H,10H2,1H3,(H,19,20,21). The van der Waals surface area contributed by atoms with Crippen LogP contribution < -0.4 is 0 Å². The topological polar surface area (TPSA) is 67.9 Å². The van der Waals surface area contributed by atoms with Crippen molar-refractivity contribution in [3.63, 3.8) is 0 Å². The summed E-state index contributed by atoms with van der Waals surface area (Å²) in [5.74, 6) is 1.04. The number of hydrogen-bond acceptors (Lipinski definition) is 5. The summed E-state index contributed by atoms with van der Waals surface area (Å²) in [6, 6.07) is 15.2. The molecule has 0 saturated heterocycles. The third-order valence-electron chi connectivity index (χ3n) is 3.31. The van der Waals surface area contributed by atoms with Crippen LogP contribution in [-0.2, 0) is 10.5 Å². The number of thioether (sulfide) groups is 1. The highest BCUT2D eigenvalue weighted by molar-refractivity contribution is 9.10. The second-order valence-electron chi connectivity index (χ2n) is 4.93. The van der Waals surface area contributed by atoms with Crippen molar-refractivity contribution in [3.05, 3.63) is 64.1 Å². The number of benzene rings is 2. The maximum Gasteiger partial charge on any atom is 0.337 e. The maximum absolute atomic E-state index is 11.6. The van der Waals surface area contributed by atoms with E-state index < -0.39 is 0 Å². The van der Waals surface area contributed by atoms with Gasteiger partial charge in [0.15, 0.2) is 5.82 Å². The molecule has 2 aromatic carbocycles. The molecule has 0 bridgehead atoms. The van der Waals surface area contributed by atoms with E-state index in [9.17, 15) is 4.79 Å². The molecular formula is C17H14BrN3O2S. The highest BCUT2D eigenvalue weighted by Crippen LogP contribution is 2.27. The van der Waals surface area contributed by atoms with E-state index in [0.29, 0.717) is 22.3 Å². The van der Waals surface area contributed by atoms with Crippen molar-refractivity contribution in [1.29, 1.82) is 0 Å². The molecule has 24 heavy (non-hydrogen) atoms. The number of carbonyl (C=O) groups excluding carboxylic acids is 1. The summed E-state index contributed by atoms with van der Waals surface area (Å²) in [6.07, 6.45) is 0. The van der Waals surface area contributed by atoms with E-state index in [-0.39, 0.29) is 5.97 Å². The predicted octanol–water partition coefficient (Wildman–Crippen LogP) is 4.31. The number of rotatable bonds is 5. The highest BCUT2D eigenvalue weighted by Gasteiger charge is 2.10. The number of ether oxygens (including phenoxy) is 1. The van der Waals surface area contributed by atoms with Gasteiger partial charge in [0.05, 0.1) is 12.7 Å². The Bertz CT molecular complexity index is 866. The minimum Gasteiger partial charge on any atom is -0.465 e. The predicted molar refractivity (Wildman–Crippen MR) is 96.9 cm³/mol. The molecule has 1 N–H and O–H groups in total. The van der Waals surface area contributed by atoms with Crippen molar-refractivity contribution in [2.45, 2.75) is 10.9 Å². The molecule has 0 aliphatic rings. The van der Waals surface area contributed by atoms with Gasteiger partial charge in [-0.15, -0.1) is 5.10 Å². The second kappa shape index (κ2) is 7.63. The molecule has 0 unspecified atom stereocenters. The molecular weight excluding hydrogens is 390 g/mol. The molecule has 1 aromatic heterocycles. The zero-order valence-electron chi connectivity index (χ0n) is 12.8. The summed E-state index contributed by atoms with van der Waals surface area (Å²) in [5.41, 5.74) is 2.51. The summed E-state index contributed by atoms with van der Waals surface area (Å²) >= 11 is 5.01. The zero-order valence-corrected chi connectivity index (χ0v) is 15.2. The number of halogens is 1. The number of aromatic amines is 1. The van der Waals surface area contributed by atoms with E-state index in [0.717, 1.165) is 15.6 Å². The summed E-state index contributed by atoms with van der Waals surface area (Å²) in [7, 11) is 1.38. The van der Waals surface area contributed by atoms with Crippen LogP contribution in [0.1, 0.15) is 15.9 Å². The molecule has 0 aliphatic heterocycles. The lowest BCUT2D eigenvalue weighted by Crippen LogP contribution is -2.01. The van der Waals surface area contributed by atoms with E-state index in [4.69, 9.17) is 4.74 Å². The Morgan fingerprint density at radius 1 is 1.25 bits per heavy atom. The van der Waals surface area contributed by atoms with Crippen LogP contribution in [0, 0.1) is 0 Å². The van der Waals surface area contributed by atoms with Gasteiger partial charge in [0, 0.05) is 15.8 Å². The Labute approximate surface area is 152 Å².